The Labute approximate surface area is 110 Å². The molecule has 0 aliphatic heterocycles. The molecule has 0 spiro atoms. The average molecular weight is 271 g/mol. The molecule has 2 N–H and O–H groups in total. The van der Waals surface area contributed by atoms with Gasteiger partial charge in [-0.05, 0) is 26.0 Å². The molecule has 18 heavy (non-hydrogen) atoms. The van der Waals surface area contributed by atoms with Crippen molar-refractivity contribution in [2.45, 2.75) is 31.1 Å². The second kappa shape index (κ2) is 7.35. The summed E-state index contributed by atoms with van der Waals surface area (Å²) in [4.78, 5) is 14.8. The third-order valence-corrected chi connectivity index (χ3v) is 3.10. The second-order valence-electron chi connectivity index (χ2n) is 4.03. The number of thioether (sulfide) groups is 1. The molecule has 1 heterocycles. The van der Waals surface area contributed by atoms with E-state index >= 15 is 0 Å². The molecule has 0 aromatic carbocycles. The van der Waals surface area contributed by atoms with Crippen molar-refractivity contribution in [3.63, 3.8) is 0 Å². The van der Waals surface area contributed by atoms with Crippen molar-refractivity contribution in [1.29, 1.82) is 0 Å². The topological polar surface area (TPSA) is 79.7 Å². The molecule has 6 heteroatoms. The highest BCUT2D eigenvalue weighted by molar-refractivity contribution is 7.99. The second-order valence-corrected chi connectivity index (χ2v) is 5.08. The molecule has 0 aliphatic carbocycles. The number of nitrogens with zero attached hydrogens (tertiary/aromatic N) is 1. The molecule has 1 aromatic rings. The van der Waals surface area contributed by atoms with E-state index < -0.39 is 12.1 Å². The van der Waals surface area contributed by atoms with Crippen LogP contribution in [0.15, 0.2) is 23.4 Å². The SMILES string of the molecule is CC(C)OCC(O)CSc1cc(C(=O)O)ccn1. The van der Waals surface area contributed by atoms with Gasteiger partial charge in [0.1, 0.15) is 0 Å². The Morgan fingerprint density at radius 2 is 2.28 bits per heavy atom. The monoisotopic (exact) mass is 271 g/mol. The molecule has 0 fully saturated rings. The van der Waals surface area contributed by atoms with Crippen LogP contribution >= 0.6 is 11.8 Å². The molecule has 0 bridgehead atoms. The maximum absolute atomic E-state index is 10.8. The van der Waals surface area contributed by atoms with Gasteiger partial charge < -0.3 is 14.9 Å². The predicted octanol–water partition coefficient (Wildman–Crippen LogP) is 1.66. The largest absolute Gasteiger partial charge is 0.478 e. The number of pyridine rings is 1. The number of carboxylic acids is 1. The first-order valence-corrected chi connectivity index (χ1v) is 6.59. The van der Waals surface area contributed by atoms with Gasteiger partial charge in [0.15, 0.2) is 0 Å². The van der Waals surface area contributed by atoms with Gasteiger partial charge in [0.2, 0.25) is 0 Å². The van der Waals surface area contributed by atoms with Crippen LogP contribution in [0.25, 0.3) is 0 Å². The smallest absolute Gasteiger partial charge is 0.335 e. The highest BCUT2D eigenvalue weighted by atomic mass is 32.2. The molecule has 1 unspecified atom stereocenters. The first-order valence-electron chi connectivity index (χ1n) is 5.61. The Kier molecular flexibility index (Phi) is 6.11. The Morgan fingerprint density at radius 1 is 1.56 bits per heavy atom. The fourth-order valence-corrected chi connectivity index (χ4v) is 1.96. The van der Waals surface area contributed by atoms with Gasteiger partial charge in [0.25, 0.3) is 0 Å². The summed E-state index contributed by atoms with van der Waals surface area (Å²) >= 11 is 1.31. The van der Waals surface area contributed by atoms with Crippen molar-refractivity contribution in [3.05, 3.63) is 23.9 Å². The van der Waals surface area contributed by atoms with E-state index in [0.717, 1.165) is 0 Å². The summed E-state index contributed by atoms with van der Waals surface area (Å²) < 4.78 is 5.28. The van der Waals surface area contributed by atoms with E-state index in [0.29, 0.717) is 10.8 Å². The van der Waals surface area contributed by atoms with Crippen LogP contribution < -0.4 is 0 Å². The van der Waals surface area contributed by atoms with E-state index in [1.807, 2.05) is 13.8 Å². The van der Waals surface area contributed by atoms with E-state index in [4.69, 9.17) is 9.84 Å². The van der Waals surface area contributed by atoms with Crippen molar-refractivity contribution in [2.24, 2.45) is 0 Å². The van der Waals surface area contributed by atoms with E-state index in [1.165, 1.54) is 30.1 Å². The quantitative estimate of drug-likeness (QED) is 0.734. The zero-order chi connectivity index (χ0) is 13.5. The van der Waals surface area contributed by atoms with E-state index in [9.17, 15) is 9.90 Å². The normalized spacial score (nSPS) is 12.7. The van der Waals surface area contributed by atoms with Crippen molar-refractivity contribution >= 4 is 17.7 Å². The Hall–Kier alpha value is -1.11. The van der Waals surface area contributed by atoms with Crippen LogP contribution in [-0.4, -0.2) is 45.7 Å². The first kappa shape index (κ1) is 14.9. The lowest BCUT2D eigenvalue weighted by Gasteiger charge is -2.12. The van der Waals surface area contributed by atoms with Crippen LogP contribution in [-0.2, 0) is 4.74 Å². The number of carboxylic acid groups (broad SMARTS) is 1. The zero-order valence-corrected chi connectivity index (χ0v) is 11.2. The number of rotatable bonds is 7. The number of carbonyl (C=O) groups is 1. The summed E-state index contributed by atoms with van der Waals surface area (Å²) in [6, 6.07) is 2.92. The number of aromatic nitrogens is 1. The summed E-state index contributed by atoms with van der Waals surface area (Å²) in [5, 5.41) is 19.1. The standard InChI is InChI=1S/C12H17NO4S/c1-8(2)17-6-10(14)7-18-11-5-9(12(15)16)3-4-13-11/h3-5,8,10,14H,6-7H2,1-2H3,(H,15,16). The average Bonchev–Trinajstić information content (AvgIpc) is 2.34. The Morgan fingerprint density at radius 3 is 2.89 bits per heavy atom. The van der Waals surface area contributed by atoms with Crippen LogP contribution in [0.4, 0.5) is 0 Å². The molecule has 0 saturated heterocycles. The number of ether oxygens (including phenoxy) is 1. The molecule has 100 valence electrons. The summed E-state index contributed by atoms with van der Waals surface area (Å²) in [5.41, 5.74) is 0.195. The van der Waals surface area contributed by atoms with Gasteiger partial charge in [-0.1, -0.05) is 0 Å². The summed E-state index contributed by atoms with van der Waals surface area (Å²) in [6.07, 6.45) is 0.939. The molecule has 0 aliphatic rings. The lowest BCUT2D eigenvalue weighted by Crippen LogP contribution is -2.20. The van der Waals surface area contributed by atoms with Gasteiger partial charge in [-0.15, -0.1) is 11.8 Å². The molecular formula is C12H17NO4S. The molecule has 0 radical (unpaired) electrons. The molecule has 5 nitrogen and oxygen atoms in total. The molecule has 1 aromatic heterocycles. The fourth-order valence-electron chi connectivity index (χ4n) is 1.15. The maximum Gasteiger partial charge on any atom is 0.335 e. The van der Waals surface area contributed by atoms with Gasteiger partial charge >= 0.3 is 5.97 Å². The van der Waals surface area contributed by atoms with Gasteiger partial charge in [-0.2, -0.15) is 0 Å². The first-order chi connectivity index (χ1) is 8.49. The molecule has 0 amide bonds. The number of aliphatic hydroxyl groups is 1. The number of hydrogen-bond donors (Lipinski definition) is 2. The van der Waals surface area contributed by atoms with E-state index in [2.05, 4.69) is 4.98 Å². The summed E-state index contributed by atoms with van der Waals surface area (Å²) in [5.74, 6) is -0.564. The van der Waals surface area contributed by atoms with Crippen molar-refractivity contribution in [1.82, 2.24) is 4.98 Å². The molecular weight excluding hydrogens is 254 g/mol. The van der Waals surface area contributed by atoms with Crippen molar-refractivity contribution in [3.8, 4) is 0 Å². The molecule has 1 atom stereocenters. The summed E-state index contributed by atoms with van der Waals surface area (Å²) in [7, 11) is 0. The van der Waals surface area contributed by atoms with Gasteiger partial charge in [-0.3, -0.25) is 0 Å². The van der Waals surface area contributed by atoms with Crippen LogP contribution in [0.3, 0.4) is 0 Å². The van der Waals surface area contributed by atoms with Crippen molar-refractivity contribution < 1.29 is 19.7 Å². The fraction of sp³-hybridized carbons (Fsp3) is 0.500. The Balaban J connectivity index is 2.43. The van der Waals surface area contributed by atoms with Crippen molar-refractivity contribution in [2.75, 3.05) is 12.4 Å². The number of aromatic carboxylic acids is 1. The highest BCUT2D eigenvalue weighted by Gasteiger charge is 2.09. The minimum absolute atomic E-state index is 0.0816. The van der Waals surface area contributed by atoms with Gasteiger partial charge in [0, 0.05) is 11.9 Å². The van der Waals surface area contributed by atoms with Gasteiger partial charge in [0.05, 0.1) is 29.4 Å². The third-order valence-electron chi connectivity index (χ3n) is 2.03. The van der Waals surface area contributed by atoms with Crippen LogP contribution in [0.5, 0.6) is 0 Å². The highest BCUT2D eigenvalue weighted by Crippen LogP contribution is 2.17. The van der Waals surface area contributed by atoms with Crippen LogP contribution in [0.1, 0.15) is 24.2 Å². The van der Waals surface area contributed by atoms with Gasteiger partial charge in [-0.25, -0.2) is 9.78 Å². The number of aliphatic hydroxyl groups excluding tert-OH is 1. The third kappa shape index (κ3) is 5.48. The summed E-state index contributed by atoms with van der Waals surface area (Å²) in [6.45, 7) is 4.07. The predicted molar refractivity (Wildman–Crippen MR) is 69.0 cm³/mol. The Bertz CT molecular complexity index is 397. The van der Waals surface area contributed by atoms with Crippen LogP contribution in [0.2, 0.25) is 0 Å². The lowest BCUT2D eigenvalue weighted by atomic mass is 10.3. The maximum atomic E-state index is 10.8. The van der Waals surface area contributed by atoms with E-state index in [-0.39, 0.29) is 18.3 Å². The lowest BCUT2D eigenvalue weighted by molar-refractivity contribution is 0.0152. The van der Waals surface area contributed by atoms with E-state index in [1.54, 1.807) is 0 Å². The molecule has 0 saturated carbocycles. The number of hydrogen-bond acceptors (Lipinski definition) is 5. The zero-order valence-electron chi connectivity index (χ0n) is 10.4. The minimum atomic E-state index is -0.983. The van der Waals surface area contributed by atoms with Crippen LogP contribution in [0, 0.1) is 0 Å². The molecule has 1 rings (SSSR count). The minimum Gasteiger partial charge on any atom is -0.478 e.